The minimum atomic E-state index is 0.122. The number of rotatable bonds is 6. The first-order valence-corrected chi connectivity index (χ1v) is 21.1. The van der Waals surface area contributed by atoms with Crippen molar-refractivity contribution < 1.29 is 0 Å². The largest absolute Gasteiger partial charge is 0.310 e. The number of benzene rings is 8. The summed E-state index contributed by atoms with van der Waals surface area (Å²) in [6, 6.07) is 70.5. The van der Waals surface area contributed by atoms with Gasteiger partial charge in [-0.3, -0.25) is 0 Å². The van der Waals surface area contributed by atoms with Crippen LogP contribution in [0.1, 0.15) is 43.2 Å². The first-order chi connectivity index (χ1) is 28.2. The summed E-state index contributed by atoms with van der Waals surface area (Å²) >= 11 is 0. The summed E-state index contributed by atoms with van der Waals surface area (Å²) in [6.07, 6.45) is 7.02. The number of fused-ring (bicyclic) bond motifs is 4. The average molecular weight is 732 g/mol. The maximum absolute atomic E-state index is 2.62. The Morgan fingerprint density at radius 2 is 0.807 bits per heavy atom. The number of hydrogen-bond acceptors (Lipinski definition) is 1. The molecule has 8 aromatic carbocycles. The van der Waals surface area contributed by atoms with Crippen molar-refractivity contribution in [1.29, 1.82) is 0 Å². The topological polar surface area (TPSA) is 3.24 Å². The highest BCUT2D eigenvalue weighted by Gasteiger charge is 2.61. The lowest BCUT2D eigenvalue weighted by molar-refractivity contribution is -0.0399. The summed E-state index contributed by atoms with van der Waals surface area (Å²) in [4.78, 5) is 2.50. The van der Waals surface area contributed by atoms with Gasteiger partial charge in [0.05, 0.1) is 0 Å². The van der Waals surface area contributed by atoms with E-state index in [1.807, 2.05) is 0 Å². The standard InChI is InChI=1S/C56H45N/c1-2-8-39(9-3-1)41-14-16-42(17-15-41)43-20-24-49(25-21-43)57(50-26-22-44(23-27-50)46-19-18-40-10-4-5-11-45(40)35-46)51-28-29-53-52-12-6-7-13-54(52)56(55(53)36-51)47-31-37-30-38(33-47)34-48(56)32-37/h1-29,35-38,47-48H,30-34H2. The number of anilines is 3. The normalized spacial score (nSPS) is 22.5. The maximum atomic E-state index is 2.62. The first-order valence-electron chi connectivity index (χ1n) is 21.1. The van der Waals surface area contributed by atoms with Gasteiger partial charge in [-0.15, -0.1) is 0 Å². The zero-order valence-electron chi connectivity index (χ0n) is 32.2. The van der Waals surface area contributed by atoms with Gasteiger partial charge in [-0.25, -0.2) is 0 Å². The van der Waals surface area contributed by atoms with Gasteiger partial charge in [0.2, 0.25) is 0 Å². The fourth-order valence-corrected chi connectivity index (χ4v) is 12.2. The molecule has 0 N–H and O–H groups in total. The predicted octanol–water partition coefficient (Wildman–Crippen LogP) is 15.0. The van der Waals surface area contributed by atoms with Crippen LogP contribution in [0.25, 0.3) is 55.3 Å². The Morgan fingerprint density at radius 3 is 1.46 bits per heavy atom. The van der Waals surface area contributed by atoms with Gasteiger partial charge in [-0.1, -0.05) is 146 Å². The van der Waals surface area contributed by atoms with Crippen LogP contribution >= 0.6 is 0 Å². The van der Waals surface area contributed by atoms with Crippen molar-refractivity contribution in [2.75, 3.05) is 4.90 Å². The van der Waals surface area contributed by atoms with Crippen LogP contribution in [0.3, 0.4) is 0 Å². The second-order valence-corrected chi connectivity index (χ2v) is 17.4. The molecule has 0 aliphatic heterocycles. The Balaban J connectivity index is 0.964. The third-order valence-corrected chi connectivity index (χ3v) is 14.5. The van der Waals surface area contributed by atoms with Gasteiger partial charge in [0.25, 0.3) is 0 Å². The molecule has 8 aromatic rings. The number of nitrogens with zero attached hydrogens (tertiary/aromatic N) is 1. The van der Waals surface area contributed by atoms with E-state index < -0.39 is 0 Å². The molecule has 5 aliphatic carbocycles. The molecule has 4 bridgehead atoms. The smallest absolute Gasteiger partial charge is 0.0465 e. The molecule has 13 rings (SSSR count). The van der Waals surface area contributed by atoms with Crippen molar-refractivity contribution in [3.8, 4) is 44.5 Å². The Bertz CT molecular complexity index is 2750. The first kappa shape index (κ1) is 33.0. The van der Waals surface area contributed by atoms with E-state index >= 15 is 0 Å². The van der Waals surface area contributed by atoms with Gasteiger partial charge >= 0.3 is 0 Å². The van der Waals surface area contributed by atoms with Gasteiger partial charge in [-0.05, 0) is 165 Å². The Morgan fingerprint density at radius 1 is 0.333 bits per heavy atom. The summed E-state index contributed by atoms with van der Waals surface area (Å²) in [7, 11) is 0. The fraction of sp³-hybridized carbons (Fsp3) is 0.179. The molecule has 0 amide bonds. The maximum Gasteiger partial charge on any atom is 0.0465 e. The zero-order chi connectivity index (χ0) is 37.5. The van der Waals surface area contributed by atoms with E-state index in [0.29, 0.717) is 0 Å². The minimum Gasteiger partial charge on any atom is -0.310 e. The summed E-state index contributed by atoms with van der Waals surface area (Å²) in [5.74, 6) is 3.30. The molecule has 0 radical (unpaired) electrons. The van der Waals surface area contributed by atoms with Crippen LogP contribution in [0, 0.1) is 23.7 Å². The van der Waals surface area contributed by atoms with Crippen molar-refractivity contribution in [3.63, 3.8) is 0 Å². The molecule has 57 heavy (non-hydrogen) atoms. The fourth-order valence-electron chi connectivity index (χ4n) is 12.2. The van der Waals surface area contributed by atoms with E-state index in [4.69, 9.17) is 0 Å². The van der Waals surface area contributed by atoms with Gasteiger partial charge < -0.3 is 4.90 Å². The van der Waals surface area contributed by atoms with Crippen molar-refractivity contribution in [1.82, 2.24) is 0 Å². The molecule has 0 heterocycles. The van der Waals surface area contributed by atoms with Crippen LogP contribution in [-0.2, 0) is 5.41 Å². The molecule has 0 atom stereocenters. The molecule has 1 spiro atoms. The second-order valence-electron chi connectivity index (χ2n) is 17.4. The summed E-state index contributed by atoms with van der Waals surface area (Å²) in [6.45, 7) is 0. The second kappa shape index (κ2) is 12.9. The van der Waals surface area contributed by atoms with Crippen LogP contribution in [0.2, 0.25) is 0 Å². The van der Waals surface area contributed by atoms with E-state index in [0.717, 1.165) is 23.7 Å². The molecule has 1 nitrogen and oxygen atoms in total. The van der Waals surface area contributed by atoms with Crippen molar-refractivity contribution in [3.05, 3.63) is 199 Å². The van der Waals surface area contributed by atoms with Gasteiger partial charge in [0.1, 0.15) is 0 Å². The van der Waals surface area contributed by atoms with E-state index in [-0.39, 0.29) is 5.41 Å². The molecule has 0 aromatic heterocycles. The quantitative estimate of drug-likeness (QED) is 0.165. The van der Waals surface area contributed by atoms with Gasteiger partial charge in [0.15, 0.2) is 0 Å². The van der Waals surface area contributed by atoms with Gasteiger partial charge in [-0.2, -0.15) is 0 Å². The highest BCUT2D eigenvalue weighted by molar-refractivity contribution is 5.89. The number of hydrogen-bond donors (Lipinski definition) is 0. The summed E-state index contributed by atoms with van der Waals surface area (Å²) in [5.41, 5.74) is 17.3. The molecule has 4 fully saturated rings. The highest BCUT2D eigenvalue weighted by Crippen LogP contribution is 2.69. The summed E-state index contributed by atoms with van der Waals surface area (Å²) in [5, 5.41) is 2.55. The third kappa shape index (κ3) is 5.21. The molecule has 5 aliphatic rings. The average Bonchev–Trinajstić information content (AvgIpc) is 3.56. The van der Waals surface area contributed by atoms with E-state index in [1.165, 1.54) is 104 Å². The Kier molecular flexibility index (Phi) is 7.49. The van der Waals surface area contributed by atoms with Crippen LogP contribution in [0.5, 0.6) is 0 Å². The van der Waals surface area contributed by atoms with Crippen LogP contribution in [0.15, 0.2) is 188 Å². The minimum absolute atomic E-state index is 0.122. The molecule has 0 unspecified atom stereocenters. The monoisotopic (exact) mass is 731 g/mol. The lowest BCUT2D eigenvalue weighted by Crippen LogP contribution is -2.55. The zero-order valence-corrected chi connectivity index (χ0v) is 32.2. The third-order valence-electron chi connectivity index (χ3n) is 14.5. The molecule has 0 saturated heterocycles. The lowest BCUT2D eigenvalue weighted by Gasteiger charge is -2.61. The molecular weight excluding hydrogens is 687 g/mol. The van der Waals surface area contributed by atoms with Crippen molar-refractivity contribution in [2.45, 2.75) is 37.5 Å². The lowest BCUT2D eigenvalue weighted by atomic mass is 9.43. The van der Waals surface area contributed by atoms with Crippen molar-refractivity contribution >= 4 is 27.8 Å². The van der Waals surface area contributed by atoms with Crippen LogP contribution in [0.4, 0.5) is 17.1 Å². The molecular formula is C56H45N. The molecule has 1 heteroatoms. The van der Waals surface area contributed by atoms with Crippen LogP contribution in [-0.4, -0.2) is 0 Å². The Hall–Kier alpha value is -6.18. The van der Waals surface area contributed by atoms with Crippen LogP contribution < -0.4 is 4.90 Å². The van der Waals surface area contributed by atoms with E-state index in [1.54, 1.807) is 11.1 Å². The predicted molar refractivity (Wildman–Crippen MR) is 238 cm³/mol. The highest BCUT2D eigenvalue weighted by atomic mass is 15.1. The van der Waals surface area contributed by atoms with Gasteiger partial charge in [0, 0.05) is 22.5 Å². The molecule has 4 saturated carbocycles. The SMILES string of the molecule is c1ccc(-c2ccc(-c3ccc(N(c4ccc(-c5ccc6ccccc6c5)cc4)c4ccc5c(c4)C4(c6ccccc6-5)C5CC6CC(C5)CC4C6)cc3)cc2)cc1. The molecule has 274 valence electrons. The Labute approximate surface area is 336 Å². The summed E-state index contributed by atoms with van der Waals surface area (Å²) < 4.78 is 0. The van der Waals surface area contributed by atoms with Crippen molar-refractivity contribution in [2.24, 2.45) is 23.7 Å². The van der Waals surface area contributed by atoms with E-state index in [2.05, 4.69) is 193 Å². The van der Waals surface area contributed by atoms with E-state index in [9.17, 15) is 0 Å².